The van der Waals surface area contributed by atoms with Gasteiger partial charge in [0.1, 0.15) is 12.4 Å². The third-order valence-corrected chi connectivity index (χ3v) is 2.54. The molecule has 0 aliphatic carbocycles. The van der Waals surface area contributed by atoms with Crippen LogP contribution < -0.4 is 4.74 Å². The first-order chi connectivity index (χ1) is 8.78. The maximum Gasteiger partial charge on any atom is 0.130 e. The summed E-state index contributed by atoms with van der Waals surface area (Å²) >= 11 is 0. The van der Waals surface area contributed by atoms with Crippen LogP contribution in [0.25, 0.3) is 0 Å². The summed E-state index contributed by atoms with van der Waals surface area (Å²) < 4.78 is 5.63. The predicted octanol–water partition coefficient (Wildman–Crippen LogP) is 3.04. The normalized spacial score (nSPS) is 9.78. The van der Waals surface area contributed by atoms with Crippen molar-refractivity contribution in [2.24, 2.45) is 0 Å². The number of benzene rings is 1. The summed E-state index contributed by atoms with van der Waals surface area (Å²) in [6.45, 7) is 2.42. The van der Waals surface area contributed by atoms with Crippen molar-refractivity contribution < 1.29 is 4.74 Å². The second-order valence-corrected chi connectivity index (χ2v) is 4.04. The Morgan fingerprint density at radius 3 is 2.61 bits per heavy atom. The first-order valence-corrected chi connectivity index (χ1v) is 5.79. The molecule has 1 aromatic carbocycles. The van der Waals surface area contributed by atoms with Crippen LogP contribution in [-0.2, 0) is 13.0 Å². The topological polar surface area (TPSA) is 45.9 Å². The lowest BCUT2D eigenvalue weighted by molar-refractivity contribution is 0.301. The zero-order chi connectivity index (χ0) is 12.8. The van der Waals surface area contributed by atoms with Crippen LogP contribution >= 0.6 is 0 Å². The van der Waals surface area contributed by atoms with Gasteiger partial charge in [-0.25, -0.2) is 0 Å². The summed E-state index contributed by atoms with van der Waals surface area (Å²) in [5, 5.41) is 8.58. The maximum absolute atomic E-state index is 8.58. The smallest absolute Gasteiger partial charge is 0.130 e. The van der Waals surface area contributed by atoms with Crippen molar-refractivity contribution in [1.29, 1.82) is 5.26 Å². The molecule has 0 saturated heterocycles. The highest BCUT2D eigenvalue weighted by Crippen LogP contribution is 2.14. The quantitative estimate of drug-likeness (QED) is 0.822. The van der Waals surface area contributed by atoms with Gasteiger partial charge in [0.15, 0.2) is 0 Å². The Kier molecular flexibility index (Phi) is 3.93. The molecule has 2 aromatic rings. The van der Waals surface area contributed by atoms with E-state index >= 15 is 0 Å². The van der Waals surface area contributed by atoms with E-state index in [0.29, 0.717) is 13.0 Å². The van der Waals surface area contributed by atoms with Crippen molar-refractivity contribution in [3.05, 3.63) is 59.4 Å². The van der Waals surface area contributed by atoms with Gasteiger partial charge in [-0.2, -0.15) is 5.26 Å². The Morgan fingerprint density at radius 1 is 1.17 bits per heavy atom. The van der Waals surface area contributed by atoms with Gasteiger partial charge in [-0.15, -0.1) is 0 Å². The van der Waals surface area contributed by atoms with Gasteiger partial charge in [-0.05, 0) is 36.8 Å². The minimum atomic E-state index is 0.430. The zero-order valence-electron chi connectivity index (χ0n) is 10.3. The molecule has 3 heteroatoms. The zero-order valence-corrected chi connectivity index (χ0v) is 10.3. The Hall–Kier alpha value is -2.34. The van der Waals surface area contributed by atoms with Crippen molar-refractivity contribution in [1.82, 2.24) is 4.98 Å². The highest BCUT2D eigenvalue weighted by molar-refractivity contribution is 5.28. The summed E-state index contributed by atoms with van der Waals surface area (Å²) in [5.41, 5.74) is 2.90. The number of nitrogens with zero attached hydrogens (tertiary/aromatic N) is 2. The summed E-state index contributed by atoms with van der Waals surface area (Å²) in [5.74, 6) is 0.792. The average Bonchev–Trinajstić information content (AvgIpc) is 2.38. The van der Waals surface area contributed by atoms with Gasteiger partial charge in [-0.3, -0.25) is 4.98 Å². The highest BCUT2D eigenvalue weighted by Gasteiger charge is 1.98. The summed E-state index contributed by atoms with van der Waals surface area (Å²) in [6, 6.07) is 15.6. The second kappa shape index (κ2) is 5.83. The van der Waals surface area contributed by atoms with E-state index in [1.54, 1.807) is 0 Å². The lowest BCUT2D eigenvalue weighted by Gasteiger charge is -2.06. The molecule has 1 aromatic heterocycles. The fourth-order valence-corrected chi connectivity index (χ4v) is 1.63. The molecule has 0 spiro atoms. The Balaban J connectivity index is 1.96. The fraction of sp³-hybridized carbons (Fsp3) is 0.200. The van der Waals surface area contributed by atoms with Gasteiger partial charge >= 0.3 is 0 Å². The largest absolute Gasteiger partial charge is 0.487 e. The minimum Gasteiger partial charge on any atom is -0.487 e. The molecule has 0 atom stereocenters. The number of ether oxygens (including phenoxy) is 1. The third kappa shape index (κ3) is 3.33. The van der Waals surface area contributed by atoms with Crippen LogP contribution in [0.2, 0.25) is 0 Å². The van der Waals surface area contributed by atoms with Crippen molar-refractivity contribution in [2.45, 2.75) is 20.0 Å². The van der Waals surface area contributed by atoms with Crippen LogP contribution in [0.3, 0.4) is 0 Å². The lowest BCUT2D eigenvalue weighted by Crippen LogP contribution is -1.99. The standard InChI is InChI=1S/C15H14N2O/c1-12-3-2-4-14(17-12)11-18-15-7-5-13(6-8-15)9-10-16/h2-8H,9,11H2,1H3. The summed E-state index contributed by atoms with van der Waals surface area (Å²) in [7, 11) is 0. The van der Waals surface area contributed by atoms with E-state index in [0.717, 1.165) is 22.7 Å². The summed E-state index contributed by atoms with van der Waals surface area (Å²) in [6.07, 6.45) is 0.430. The molecule has 3 nitrogen and oxygen atoms in total. The number of aromatic nitrogens is 1. The second-order valence-electron chi connectivity index (χ2n) is 4.04. The van der Waals surface area contributed by atoms with Crippen LogP contribution in [0, 0.1) is 18.3 Å². The van der Waals surface area contributed by atoms with E-state index in [1.807, 2.05) is 49.4 Å². The Labute approximate surface area is 107 Å². The van der Waals surface area contributed by atoms with Crippen LogP contribution in [-0.4, -0.2) is 4.98 Å². The van der Waals surface area contributed by atoms with E-state index in [2.05, 4.69) is 11.1 Å². The van der Waals surface area contributed by atoms with Crippen molar-refractivity contribution in [3.8, 4) is 11.8 Å². The molecule has 0 fully saturated rings. The van der Waals surface area contributed by atoms with Gasteiger partial charge in [0, 0.05) is 5.69 Å². The monoisotopic (exact) mass is 238 g/mol. The minimum absolute atomic E-state index is 0.430. The van der Waals surface area contributed by atoms with Gasteiger partial charge in [0.2, 0.25) is 0 Å². The van der Waals surface area contributed by atoms with E-state index in [9.17, 15) is 0 Å². The molecule has 1 heterocycles. The number of hydrogen-bond acceptors (Lipinski definition) is 3. The van der Waals surface area contributed by atoms with Crippen LogP contribution in [0.1, 0.15) is 17.0 Å². The van der Waals surface area contributed by atoms with Crippen LogP contribution in [0.5, 0.6) is 5.75 Å². The predicted molar refractivity (Wildman–Crippen MR) is 69.1 cm³/mol. The van der Waals surface area contributed by atoms with Crippen LogP contribution in [0.4, 0.5) is 0 Å². The van der Waals surface area contributed by atoms with Gasteiger partial charge < -0.3 is 4.74 Å². The molecule has 0 saturated carbocycles. The molecule has 90 valence electrons. The number of hydrogen-bond donors (Lipinski definition) is 0. The van der Waals surface area contributed by atoms with E-state index in [-0.39, 0.29) is 0 Å². The average molecular weight is 238 g/mol. The number of pyridine rings is 1. The molecular weight excluding hydrogens is 224 g/mol. The molecule has 0 unspecified atom stereocenters. The number of aryl methyl sites for hydroxylation is 1. The molecule has 0 aliphatic heterocycles. The maximum atomic E-state index is 8.58. The molecule has 0 aliphatic rings. The third-order valence-electron chi connectivity index (χ3n) is 2.54. The summed E-state index contributed by atoms with van der Waals surface area (Å²) in [4.78, 5) is 4.37. The molecule has 2 rings (SSSR count). The lowest BCUT2D eigenvalue weighted by atomic mass is 10.2. The Bertz CT molecular complexity index is 555. The SMILES string of the molecule is Cc1cccc(COc2ccc(CC#N)cc2)n1. The molecule has 0 N–H and O–H groups in total. The van der Waals surface area contributed by atoms with Gasteiger partial charge in [0.05, 0.1) is 18.2 Å². The van der Waals surface area contributed by atoms with Gasteiger partial charge in [0.25, 0.3) is 0 Å². The van der Waals surface area contributed by atoms with E-state index in [1.165, 1.54) is 0 Å². The van der Waals surface area contributed by atoms with Crippen molar-refractivity contribution in [3.63, 3.8) is 0 Å². The Morgan fingerprint density at radius 2 is 1.94 bits per heavy atom. The molecule has 0 bridgehead atoms. The number of nitriles is 1. The first kappa shape index (κ1) is 12.1. The first-order valence-electron chi connectivity index (χ1n) is 5.79. The molecular formula is C15H14N2O. The van der Waals surface area contributed by atoms with E-state index < -0.39 is 0 Å². The van der Waals surface area contributed by atoms with Gasteiger partial charge in [-0.1, -0.05) is 18.2 Å². The van der Waals surface area contributed by atoms with E-state index in [4.69, 9.17) is 10.00 Å². The van der Waals surface area contributed by atoms with Crippen molar-refractivity contribution in [2.75, 3.05) is 0 Å². The van der Waals surface area contributed by atoms with Crippen LogP contribution in [0.15, 0.2) is 42.5 Å². The highest BCUT2D eigenvalue weighted by atomic mass is 16.5. The molecule has 18 heavy (non-hydrogen) atoms. The fourth-order valence-electron chi connectivity index (χ4n) is 1.63. The molecule has 0 amide bonds. The molecule has 0 radical (unpaired) electrons. The van der Waals surface area contributed by atoms with Crippen molar-refractivity contribution >= 4 is 0 Å². The number of rotatable bonds is 4.